The number of nitrogens with zero attached hydrogens (tertiary/aromatic N) is 2. The first-order valence-corrected chi connectivity index (χ1v) is 6.30. The molecule has 0 N–H and O–H groups in total. The number of aryl methyl sites for hydroxylation is 1. The minimum Gasteiger partial charge on any atom is -0.276 e. The Hall–Kier alpha value is -0.310. The van der Waals surface area contributed by atoms with Gasteiger partial charge in [0, 0.05) is 18.6 Å². The zero-order chi connectivity index (χ0) is 10.2. The van der Waals surface area contributed by atoms with Crippen molar-refractivity contribution in [2.24, 2.45) is 18.4 Å². The molecule has 2 nitrogen and oxygen atoms in total. The van der Waals surface area contributed by atoms with Gasteiger partial charge in [-0.25, -0.2) is 0 Å². The summed E-state index contributed by atoms with van der Waals surface area (Å²) in [5.41, 5.74) is 1.80. The predicted octanol–water partition coefficient (Wildman–Crippen LogP) is 2.77. The van der Waals surface area contributed by atoms with Crippen molar-refractivity contribution >= 4 is 15.9 Å². The van der Waals surface area contributed by atoms with Crippen molar-refractivity contribution in [3.8, 4) is 0 Å². The van der Waals surface area contributed by atoms with Crippen LogP contribution in [0.2, 0.25) is 0 Å². The number of rotatable bonds is 4. The summed E-state index contributed by atoms with van der Waals surface area (Å²) in [5.74, 6) is 0.919. The SMILES string of the molecule is Cn1cc(CC(C)(CBr)C2CC2)cn1. The van der Waals surface area contributed by atoms with Crippen molar-refractivity contribution in [3.63, 3.8) is 0 Å². The zero-order valence-corrected chi connectivity index (χ0v) is 10.4. The first-order valence-electron chi connectivity index (χ1n) is 5.17. The quantitative estimate of drug-likeness (QED) is 0.758. The van der Waals surface area contributed by atoms with E-state index in [-0.39, 0.29) is 0 Å². The third-order valence-corrected chi connectivity index (χ3v) is 4.52. The van der Waals surface area contributed by atoms with E-state index in [2.05, 4.69) is 34.1 Å². The highest BCUT2D eigenvalue weighted by atomic mass is 79.9. The molecule has 0 aromatic carbocycles. The van der Waals surface area contributed by atoms with Crippen molar-refractivity contribution in [2.45, 2.75) is 26.2 Å². The molecule has 0 radical (unpaired) electrons. The molecular formula is C11H17BrN2. The lowest BCUT2D eigenvalue weighted by Gasteiger charge is -2.26. The molecular weight excluding hydrogens is 240 g/mol. The van der Waals surface area contributed by atoms with Crippen molar-refractivity contribution in [1.82, 2.24) is 9.78 Å². The average molecular weight is 257 g/mol. The van der Waals surface area contributed by atoms with Gasteiger partial charge in [-0.1, -0.05) is 22.9 Å². The van der Waals surface area contributed by atoms with Crippen LogP contribution < -0.4 is 0 Å². The van der Waals surface area contributed by atoms with Crippen LogP contribution in [0.15, 0.2) is 12.4 Å². The zero-order valence-electron chi connectivity index (χ0n) is 8.83. The van der Waals surface area contributed by atoms with Gasteiger partial charge in [0.25, 0.3) is 0 Å². The summed E-state index contributed by atoms with van der Waals surface area (Å²) >= 11 is 3.65. The number of aromatic nitrogens is 2. The second kappa shape index (κ2) is 3.69. The molecule has 1 aliphatic rings. The van der Waals surface area contributed by atoms with Gasteiger partial charge in [0.2, 0.25) is 0 Å². The molecule has 1 aromatic rings. The molecule has 1 aliphatic carbocycles. The van der Waals surface area contributed by atoms with Gasteiger partial charge >= 0.3 is 0 Å². The van der Waals surface area contributed by atoms with Crippen molar-refractivity contribution in [2.75, 3.05) is 5.33 Å². The van der Waals surface area contributed by atoms with Gasteiger partial charge in [0.05, 0.1) is 6.20 Å². The number of hydrogen-bond donors (Lipinski definition) is 0. The molecule has 1 heterocycles. The summed E-state index contributed by atoms with van der Waals surface area (Å²) < 4.78 is 1.89. The Bertz CT molecular complexity index is 317. The highest BCUT2D eigenvalue weighted by molar-refractivity contribution is 9.09. The standard InChI is InChI=1S/C11H17BrN2/c1-11(8-12,10-3-4-10)5-9-6-13-14(2)7-9/h6-7,10H,3-5,8H2,1-2H3. The van der Waals surface area contributed by atoms with Crippen LogP contribution in [0, 0.1) is 11.3 Å². The Morgan fingerprint density at radius 1 is 1.64 bits per heavy atom. The maximum absolute atomic E-state index is 4.22. The molecule has 0 saturated heterocycles. The van der Waals surface area contributed by atoms with Crippen LogP contribution >= 0.6 is 15.9 Å². The van der Waals surface area contributed by atoms with E-state index in [0.717, 1.165) is 17.7 Å². The van der Waals surface area contributed by atoms with Crippen LogP contribution in [0.1, 0.15) is 25.3 Å². The van der Waals surface area contributed by atoms with Gasteiger partial charge in [-0.05, 0) is 36.2 Å². The second-order valence-electron chi connectivity index (χ2n) is 4.76. The summed E-state index contributed by atoms with van der Waals surface area (Å²) in [6, 6.07) is 0. The summed E-state index contributed by atoms with van der Waals surface area (Å²) in [6.45, 7) is 2.38. The number of hydrogen-bond acceptors (Lipinski definition) is 1. The van der Waals surface area contributed by atoms with E-state index in [1.54, 1.807) is 0 Å². The smallest absolute Gasteiger partial charge is 0.0521 e. The van der Waals surface area contributed by atoms with Gasteiger partial charge in [0.1, 0.15) is 0 Å². The molecule has 2 rings (SSSR count). The normalized spacial score (nSPS) is 20.8. The lowest BCUT2D eigenvalue weighted by atomic mass is 9.82. The molecule has 1 saturated carbocycles. The van der Waals surface area contributed by atoms with Crippen molar-refractivity contribution < 1.29 is 0 Å². The third-order valence-electron chi connectivity index (χ3n) is 3.23. The van der Waals surface area contributed by atoms with Crippen LogP contribution in [0.25, 0.3) is 0 Å². The summed E-state index contributed by atoms with van der Waals surface area (Å²) in [7, 11) is 1.98. The molecule has 14 heavy (non-hydrogen) atoms. The first-order chi connectivity index (χ1) is 6.64. The highest BCUT2D eigenvalue weighted by Gasteiger charge is 2.40. The summed E-state index contributed by atoms with van der Waals surface area (Å²) in [6.07, 6.45) is 8.08. The topological polar surface area (TPSA) is 17.8 Å². The molecule has 0 spiro atoms. The Balaban J connectivity index is 2.07. The van der Waals surface area contributed by atoms with Gasteiger partial charge in [0.15, 0.2) is 0 Å². The molecule has 0 amide bonds. The van der Waals surface area contributed by atoms with Crippen LogP contribution in [-0.2, 0) is 13.5 Å². The predicted molar refractivity (Wildman–Crippen MR) is 61.5 cm³/mol. The van der Waals surface area contributed by atoms with E-state index in [4.69, 9.17) is 0 Å². The van der Waals surface area contributed by atoms with E-state index in [1.165, 1.54) is 18.4 Å². The summed E-state index contributed by atoms with van der Waals surface area (Å²) in [5, 5.41) is 5.31. The van der Waals surface area contributed by atoms with Crippen LogP contribution in [-0.4, -0.2) is 15.1 Å². The lowest BCUT2D eigenvalue weighted by molar-refractivity contribution is 0.319. The van der Waals surface area contributed by atoms with Gasteiger partial charge in [-0.2, -0.15) is 5.10 Å². The molecule has 1 fully saturated rings. The molecule has 0 bridgehead atoms. The second-order valence-corrected chi connectivity index (χ2v) is 5.32. The minimum atomic E-state index is 0.434. The first kappa shape index (κ1) is 10.2. The maximum Gasteiger partial charge on any atom is 0.0521 e. The van der Waals surface area contributed by atoms with Crippen molar-refractivity contribution in [1.29, 1.82) is 0 Å². The molecule has 1 atom stereocenters. The Morgan fingerprint density at radius 3 is 2.79 bits per heavy atom. The largest absolute Gasteiger partial charge is 0.276 e. The van der Waals surface area contributed by atoms with Crippen LogP contribution in [0.5, 0.6) is 0 Å². The van der Waals surface area contributed by atoms with Gasteiger partial charge in [-0.15, -0.1) is 0 Å². The van der Waals surface area contributed by atoms with Gasteiger partial charge in [-0.3, -0.25) is 4.68 Å². The molecule has 1 unspecified atom stereocenters. The van der Waals surface area contributed by atoms with E-state index >= 15 is 0 Å². The Labute approximate surface area is 93.8 Å². The highest BCUT2D eigenvalue weighted by Crippen LogP contribution is 2.48. The molecule has 3 heteroatoms. The fourth-order valence-corrected chi connectivity index (χ4v) is 2.77. The van der Waals surface area contributed by atoms with Crippen LogP contribution in [0.4, 0.5) is 0 Å². The number of alkyl halides is 1. The van der Waals surface area contributed by atoms with Crippen LogP contribution in [0.3, 0.4) is 0 Å². The van der Waals surface area contributed by atoms with E-state index < -0.39 is 0 Å². The summed E-state index contributed by atoms with van der Waals surface area (Å²) in [4.78, 5) is 0. The van der Waals surface area contributed by atoms with E-state index in [0.29, 0.717) is 5.41 Å². The minimum absolute atomic E-state index is 0.434. The third kappa shape index (κ3) is 2.02. The van der Waals surface area contributed by atoms with E-state index in [9.17, 15) is 0 Å². The lowest BCUT2D eigenvalue weighted by Crippen LogP contribution is -2.23. The van der Waals surface area contributed by atoms with Crippen molar-refractivity contribution in [3.05, 3.63) is 18.0 Å². The fourth-order valence-electron chi connectivity index (χ4n) is 2.11. The van der Waals surface area contributed by atoms with Gasteiger partial charge < -0.3 is 0 Å². The Kier molecular flexibility index (Phi) is 2.69. The molecule has 78 valence electrons. The fraction of sp³-hybridized carbons (Fsp3) is 0.727. The number of halogens is 1. The Morgan fingerprint density at radius 2 is 2.36 bits per heavy atom. The molecule has 1 aromatic heterocycles. The average Bonchev–Trinajstić information content (AvgIpc) is 2.93. The monoisotopic (exact) mass is 256 g/mol. The van der Waals surface area contributed by atoms with E-state index in [1.807, 2.05) is 17.9 Å². The molecule has 0 aliphatic heterocycles. The maximum atomic E-state index is 4.22.